The zero-order valence-electron chi connectivity index (χ0n) is 21.9. The van der Waals surface area contributed by atoms with Crippen LogP contribution in [-0.4, -0.2) is 64.3 Å². The number of benzene rings is 1. The van der Waals surface area contributed by atoms with E-state index in [1.807, 2.05) is 0 Å². The van der Waals surface area contributed by atoms with Crippen molar-refractivity contribution in [3.63, 3.8) is 0 Å². The molecule has 0 aromatic heterocycles. The predicted octanol–water partition coefficient (Wildman–Crippen LogP) is 4.12. The highest BCUT2D eigenvalue weighted by atomic mass is 32.2. The smallest absolute Gasteiger partial charge is 0.438 e. The molecule has 0 aliphatic heterocycles. The van der Waals surface area contributed by atoms with Gasteiger partial charge in [0.2, 0.25) is 0 Å². The van der Waals surface area contributed by atoms with Gasteiger partial charge in [-0.2, -0.15) is 34.8 Å². The summed E-state index contributed by atoms with van der Waals surface area (Å²) in [5.41, 5.74) is -7.13. The van der Waals surface area contributed by atoms with Gasteiger partial charge < -0.3 is 9.47 Å². The van der Waals surface area contributed by atoms with E-state index in [0.717, 1.165) is 5.56 Å². The zero-order valence-corrected chi connectivity index (χ0v) is 22.7. The van der Waals surface area contributed by atoms with E-state index >= 15 is 0 Å². The minimum Gasteiger partial charge on any atom is -0.438 e. The Labute approximate surface area is 235 Å². The molecule has 0 saturated heterocycles. The van der Waals surface area contributed by atoms with Crippen molar-refractivity contribution in [1.29, 1.82) is 0 Å². The maximum atomic E-state index is 13.9. The topological polar surface area (TPSA) is 107 Å². The van der Waals surface area contributed by atoms with Crippen LogP contribution in [0.5, 0.6) is 5.75 Å². The molecule has 41 heavy (non-hydrogen) atoms. The summed E-state index contributed by atoms with van der Waals surface area (Å²) in [6, 6.07) is 3.33. The van der Waals surface area contributed by atoms with Gasteiger partial charge in [-0.3, -0.25) is 14.1 Å². The van der Waals surface area contributed by atoms with Crippen LogP contribution < -0.4 is 4.74 Å². The molecule has 0 spiro atoms. The standard InChI is InChI=1S/C25H26B2F6O7S/c1-13-2-14(9-26)4-17(10-27)18(13)39-19(34)21-5-15-3-16(6-21)8-22(7-15,11-21)20(35)40-23(24(28,29)30,25(31,32)33)12-41(36,37)38/h2,4,15-16H,3,5-12H2,1H3,(H,36,37,38). The SMILES string of the molecule is [B]Cc1cc(C)c(OC(=O)C23CC4CC(C2)CC(C(=O)OC(CS(=O)(=O)O)(C(F)(F)F)C(F)(F)F)(C4)C3)c(C[B])c1. The number of alkyl halides is 6. The molecule has 1 aromatic rings. The maximum absolute atomic E-state index is 13.9. The first-order valence-corrected chi connectivity index (χ1v) is 14.4. The van der Waals surface area contributed by atoms with Crippen LogP contribution in [0.4, 0.5) is 26.3 Å². The van der Waals surface area contributed by atoms with E-state index in [1.54, 1.807) is 19.1 Å². The summed E-state index contributed by atoms with van der Waals surface area (Å²) in [6.07, 6.45) is -12.6. The fraction of sp³-hybridized carbons (Fsp3) is 0.680. The second-order valence-corrected chi connectivity index (χ2v) is 13.1. The van der Waals surface area contributed by atoms with Gasteiger partial charge in [-0.25, -0.2) is 0 Å². The summed E-state index contributed by atoms with van der Waals surface area (Å²) in [5.74, 6) is -6.33. The average Bonchev–Trinajstić information content (AvgIpc) is 2.81. The van der Waals surface area contributed by atoms with E-state index in [4.69, 9.17) is 25.0 Å². The van der Waals surface area contributed by atoms with Crippen molar-refractivity contribution in [3.05, 3.63) is 28.8 Å². The number of hydrogen-bond acceptors (Lipinski definition) is 6. The van der Waals surface area contributed by atoms with Crippen LogP contribution in [0, 0.1) is 29.6 Å². The third-order valence-electron chi connectivity index (χ3n) is 8.56. The van der Waals surface area contributed by atoms with Gasteiger partial charge in [-0.15, -0.1) is 0 Å². The van der Waals surface area contributed by atoms with Gasteiger partial charge in [0.1, 0.15) is 11.5 Å². The molecule has 4 radical (unpaired) electrons. The molecule has 1 N–H and O–H groups in total. The summed E-state index contributed by atoms with van der Waals surface area (Å²) >= 11 is 0. The number of carbonyl (C=O) groups excluding carboxylic acids is 2. The lowest BCUT2D eigenvalue weighted by atomic mass is 9.44. The van der Waals surface area contributed by atoms with E-state index in [2.05, 4.69) is 4.74 Å². The first-order valence-electron chi connectivity index (χ1n) is 12.8. The second kappa shape index (κ2) is 10.2. The van der Waals surface area contributed by atoms with Crippen LogP contribution in [0.3, 0.4) is 0 Å². The molecule has 0 amide bonds. The molecule has 4 aliphatic rings. The van der Waals surface area contributed by atoms with Crippen molar-refractivity contribution in [2.45, 2.75) is 76.0 Å². The number of halogens is 6. The predicted molar refractivity (Wildman–Crippen MR) is 133 cm³/mol. The van der Waals surface area contributed by atoms with Crippen LogP contribution in [0.2, 0.25) is 0 Å². The number of carbonyl (C=O) groups is 2. The third kappa shape index (κ3) is 5.62. The van der Waals surface area contributed by atoms with Crippen LogP contribution >= 0.6 is 0 Å². The van der Waals surface area contributed by atoms with Crippen molar-refractivity contribution in [3.8, 4) is 5.75 Å². The Morgan fingerprint density at radius 2 is 1.46 bits per heavy atom. The van der Waals surface area contributed by atoms with E-state index in [-0.39, 0.29) is 44.1 Å². The minimum atomic E-state index is -6.44. The largest absolute Gasteiger partial charge is 0.438 e. The number of esters is 2. The molecule has 2 atom stereocenters. The normalized spacial score (nSPS) is 28.0. The molecular formula is C25H26B2F6O7S. The molecule has 222 valence electrons. The van der Waals surface area contributed by atoms with E-state index in [0.29, 0.717) is 17.5 Å². The molecule has 4 aliphatic carbocycles. The fourth-order valence-corrected chi connectivity index (χ4v) is 8.18. The Kier molecular flexibility index (Phi) is 7.89. The number of aryl methyl sites for hydroxylation is 1. The molecule has 4 fully saturated rings. The molecule has 7 nitrogen and oxygen atoms in total. The first-order chi connectivity index (χ1) is 18.7. The Hall–Kier alpha value is -2.22. The summed E-state index contributed by atoms with van der Waals surface area (Å²) in [4.78, 5) is 27.0. The number of hydrogen-bond donors (Lipinski definition) is 1. The Morgan fingerprint density at radius 1 is 0.951 bits per heavy atom. The van der Waals surface area contributed by atoms with Crippen LogP contribution in [0.1, 0.15) is 55.2 Å². The highest BCUT2D eigenvalue weighted by Gasteiger charge is 2.77. The summed E-state index contributed by atoms with van der Waals surface area (Å²) in [6.45, 7) is 1.66. The summed E-state index contributed by atoms with van der Waals surface area (Å²) in [5, 5.41) is 0. The van der Waals surface area contributed by atoms with Crippen molar-refractivity contribution in [1.82, 2.24) is 0 Å². The Balaban J connectivity index is 1.70. The zero-order chi connectivity index (χ0) is 30.8. The van der Waals surface area contributed by atoms with Gasteiger partial charge in [-0.05, 0) is 68.4 Å². The van der Waals surface area contributed by atoms with E-state index < -0.39 is 74.8 Å². The minimum absolute atomic E-state index is 0.0173. The highest BCUT2D eigenvalue weighted by molar-refractivity contribution is 7.85. The lowest BCUT2D eigenvalue weighted by molar-refractivity contribution is -0.364. The molecular weight excluding hydrogens is 580 g/mol. The van der Waals surface area contributed by atoms with Gasteiger partial charge in [-0.1, -0.05) is 30.3 Å². The number of ether oxygens (including phenoxy) is 2. The van der Waals surface area contributed by atoms with Gasteiger partial charge in [0, 0.05) is 0 Å². The van der Waals surface area contributed by atoms with Gasteiger partial charge in [0.05, 0.1) is 26.5 Å². The molecule has 4 saturated carbocycles. The molecule has 5 rings (SSSR count). The lowest BCUT2D eigenvalue weighted by Crippen LogP contribution is -2.66. The fourth-order valence-electron chi connectivity index (χ4n) is 7.28. The third-order valence-corrected chi connectivity index (χ3v) is 9.33. The van der Waals surface area contributed by atoms with E-state index in [1.165, 1.54) is 0 Å². The van der Waals surface area contributed by atoms with Crippen LogP contribution in [0.15, 0.2) is 12.1 Å². The molecule has 4 bridgehead atoms. The lowest BCUT2D eigenvalue weighted by Gasteiger charge is -2.59. The monoisotopic (exact) mass is 606 g/mol. The maximum Gasteiger partial charge on any atom is 0.438 e. The molecule has 1 aromatic carbocycles. The summed E-state index contributed by atoms with van der Waals surface area (Å²) < 4.78 is 125. The van der Waals surface area contributed by atoms with Crippen molar-refractivity contribution >= 4 is 37.7 Å². The highest BCUT2D eigenvalue weighted by Crippen LogP contribution is 2.66. The quantitative estimate of drug-likeness (QED) is 0.156. The van der Waals surface area contributed by atoms with Crippen molar-refractivity contribution < 1.29 is 58.4 Å². The van der Waals surface area contributed by atoms with Gasteiger partial charge in [0.15, 0.2) is 0 Å². The van der Waals surface area contributed by atoms with E-state index in [9.17, 15) is 44.3 Å². The Bertz CT molecular complexity index is 1320. The molecule has 2 unspecified atom stereocenters. The molecule has 16 heteroatoms. The number of rotatable bonds is 8. The Morgan fingerprint density at radius 3 is 1.90 bits per heavy atom. The van der Waals surface area contributed by atoms with Crippen LogP contribution in [0.25, 0.3) is 0 Å². The van der Waals surface area contributed by atoms with Crippen LogP contribution in [-0.2, 0) is 37.1 Å². The first kappa shape index (κ1) is 31.7. The second-order valence-electron chi connectivity index (χ2n) is 11.7. The van der Waals surface area contributed by atoms with Gasteiger partial charge >= 0.3 is 29.9 Å². The van der Waals surface area contributed by atoms with Gasteiger partial charge in [0.25, 0.3) is 10.1 Å². The average molecular weight is 606 g/mol. The van der Waals surface area contributed by atoms with Crippen molar-refractivity contribution in [2.24, 2.45) is 22.7 Å². The summed E-state index contributed by atoms with van der Waals surface area (Å²) in [7, 11) is 5.58. The van der Waals surface area contributed by atoms with Crippen molar-refractivity contribution in [2.75, 3.05) is 5.75 Å². The molecule has 0 heterocycles.